The number of esters is 1. The number of nitrogens with zero attached hydrogens (tertiary/aromatic N) is 2. The molecule has 0 saturated carbocycles. The molecule has 0 radical (unpaired) electrons. The molecule has 0 bridgehead atoms. The number of methoxy groups -OCH3 is 1. The zero-order chi connectivity index (χ0) is 26.1. The minimum atomic E-state index is -4.00. The lowest BCUT2D eigenvalue weighted by atomic mass is 10.1. The number of hydrogen-bond donors (Lipinski definition) is 1. The topological polar surface area (TPSA) is 114 Å². The van der Waals surface area contributed by atoms with Crippen LogP contribution in [0.25, 0.3) is 0 Å². The van der Waals surface area contributed by atoms with Crippen molar-refractivity contribution in [2.75, 3.05) is 24.6 Å². The number of nitrogens with one attached hydrogen (secondary N) is 1. The maximum atomic E-state index is 13.4. The Kier molecular flexibility index (Phi) is 8.80. The van der Waals surface area contributed by atoms with Crippen LogP contribution in [-0.2, 0) is 24.3 Å². The Morgan fingerprint density at radius 3 is 2.22 bits per heavy atom. The van der Waals surface area contributed by atoms with Gasteiger partial charge in [0.15, 0.2) is 6.61 Å². The first-order valence-electron chi connectivity index (χ1n) is 11.0. The highest BCUT2D eigenvalue weighted by atomic mass is 32.2. The van der Waals surface area contributed by atoms with Crippen molar-refractivity contribution in [2.24, 2.45) is 5.10 Å². The fourth-order valence-electron chi connectivity index (χ4n) is 3.33. The van der Waals surface area contributed by atoms with Gasteiger partial charge < -0.3 is 9.47 Å². The molecule has 0 atom stereocenters. The molecule has 188 valence electrons. The van der Waals surface area contributed by atoms with Crippen molar-refractivity contribution in [3.8, 4) is 5.75 Å². The van der Waals surface area contributed by atoms with Crippen molar-refractivity contribution in [3.05, 3.63) is 89.5 Å². The summed E-state index contributed by atoms with van der Waals surface area (Å²) in [6.45, 7) is 3.06. The van der Waals surface area contributed by atoms with Gasteiger partial charge in [-0.2, -0.15) is 5.10 Å². The summed E-state index contributed by atoms with van der Waals surface area (Å²) in [5.74, 6) is -0.632. The molecule has 0 saturated heterocycles. The molecule has 0 unspecified atom stereocenters. The zero-order valence-electron chi connectivity index (χ0n) is 20.2. The van der Waals surface area contributed by atoms with Crippen LogP contribution in [0.15, 0.2) is 82.8 Å². The summed E-state index contributed by atoms with van der Waals surface area (Å²) < 4.78 is 37.7. The first-order chi connectivity index (χ1) is 17.2. The number of benzene rings is 3. The van der Waals surface area contributed by atoms with E-state index in [0.29, 0.717) is 17.0 Å². The van der Waals surface area contributed by atoms with Crippen LogP contribution in [0.5, 0.6) is 5.75 Å². The standard InChI is InChI=1S/C26H27N3O6S/c1-19-13-20(2)15-22(14-19)29(36(32,33)24-7-5-4-6-8-24)17-25(30)28-27-16-21-9-11-23(12-10-21)35-18-26(31)34-3/h4-16H,17-18H2,1-3H3,(H,28,30)/b27-16-. The Morgan fingerprint density at radius 2 is 1.61 bits per heavy atom. The highest BCUT2D eigenvalue weighted by Gasteiger charge is 2.27. The van der Waals surface area contributed by atoms with E-state index in [0.717, 1.165) is 15.4 Å². The Labute approximate surface area is 210 Å². The number of rotatable bonds is 10. The van der Waals surface area contributed by atoms with Crippen LogP contribution in [0, 0.1) is 13.8 Å². The molecular formula is C26H27N3O6S. The predicted octanol–water partition coefficient (Wildman–Crippen LogP) is 3.20. The number of hydrogen-bond acceptors (Lipinski definition) is 7. The molecule has 10 heteroatoms. The molecule has 9 nitrogen and oxygen atoms in total. The van der Waals surface area contributed by atoms with E-state index in [-0.39, 0.29) is 11.5 Å². The lowest BCUT2D eigenvalue weighted by molar-refractivity contribution is -0.142. The molecule has 3 rings (SSSR count). The van der Waals surface area contributed by atoms with E-state index in [9.17, 15) is 18.0 Å². The van der Waals surface area contributed by atoms with Crippen molar-refractivity contribution < 1.29 is 27.5 Å². The summed E-state index contributed by atoms with van der Waals surface area (Å²) >= 11 is 0. The summed E-state index contributed by atoms with van der Waals surface area (Å²) in [5, 5.41) is 3.93. The summed E-state index contributed by atoms with van der Waals surface area (Å²) in [4.78, 5) is 23.9. The van der Waals surface area contributed by atoms with Crippen LogP contribution in [0.2, 0.25) is 0 Å². The number of carbonyl (C=O) groups excluding carboxylic acids is 2. The minimum Gasteiger partial charge on any atom is -0.482 e. The second kappa shape index (κ2) is 12.0. The molecule has 0 aliphatic heterocycles. The summed E-state index contributed by atoms with van der Waals surface area (Å²) in [6, 6.07) is 20.0. The van der Waals surface area contributed by atoms with Crippen LogP contribution >= 0.6 is 0 Å². The summed E-state index contributed by atoms with van der Waals surface area (Å²) in [7, 11) is -2.73. The number of hydrazone groups is 1. The van der Waals surface area contributed by atoms with Crippen LogP contribution in [0.3, 0.4) is 0 Å². The fourth-order valence-corrected chi connectivity index (χ4v) is 4.75. The van der Waals surface area contributed by atoms with Crippen molar-refractivity contribution in [3.63, 3.8) is 0 Å². The number of sulfonamides is 1. The molecule has 1 amide bonds. The van der Waals surface area contributed by atoms with Crippen molar-refractivity contribution in [2.45, 2.75) is 18.7 Å². The maximum absolute atomic E-state index is 13.4. The number of anilines is 1. The largest absolute Gasteiger partial charge is 0.482 e. The monoisotopic (exact) mass is 509 g/mol. The van der Waals surface area contributed by atoms with E-state index in [1.54, 1.807) is 54.6 Å². The van der Waals surface area contributed by atoms with Crippen LogP contribution in [0.1, 0.15) is 16.7 Å². The molecule has 3 aromatic carbocycles. The van der Waals surface area contributed by atoms with E-state index in [4.69, 9.17) is 4.74 Å². The molecule has 36 heavy (non-hydrogen) atoms. The third-order valence-electron chi connectivity index (χ3n) is 4.98. The fraction of sp³-hybridized carbons (Fsp3) is 0.192. The van der Waals surface area contributed by atoms with Gasteiger partial charge in [-0.15, -0.1) is 0 Å². The molecule has 0 aliphatic rings. The van der Waals surface area contributed by atoms with Crippen LogP contribution in [-0.4, -0.2) is 46.8 Å². The molecule has 0 heterocycles. The average Bonchev–Trinajstić information content (AvgIpc) is 2.86. The predicted molar refractivity (Wildman–Crippen MR) is 137 cm³/mol. The minimum absolute atomic E-state index is 0.0787. The van der Waals surface area contributed by atoms with Gasteiger partial charge in [-0.1, -0.05) is 24.3 Å². The van der Waals surface area contributed by atoms with Gasteiger partial charge in [-0.25, -0.2) is 18.6 Å². The zero-order valence-corrected chi connectivity index (χ0v) is 21.0. The Bertz CT molecular complexity index is 1320. The van der Waals surface area contributed by atoms with Crippen molar-refractivity contribution >= 4 is 33.8 Å². The maximum Gasteiger partial charge on any atom is 0.343 e. The lowest BCUT2D eigenvalue weighted by Gasteiger charge is -2.24. The van der Waals surface area contributed by atoms with Gasteiger partial charge in [0.2, 0.25) is 0 Å². The Balaban J connectivity index is 1.72. The Hall–Kier alpha value is -4.18. The van der Waals surface area contributed by atoms with E-state index < -0.39 is 28.4 Å². The quantitative estimate of drug-likeness (QED) is 0.255. The van der Waals surface area contributed by atoms with Crippen molar-refractivity contribution in [1.29, 1.82) is 0 Å². The number of ether oxygens (including phenoxy) is 2. The van der Waals surface area contributed by atoms with E-state index >= 15 is 0 Å². The number of carbonyl (C=O) groups is 2. The van der Waals surface area contributed by atoms with Gasteiger partial charge in [0.05, 0.1) is 23.9 Å². The highest BCUT2D eigenvalue weighted by Crippen LogP contribution is 2.25. The SMILES string of the molecule is COC(=O)COc1ccc(/C=N\NC(=O)CN(c2cc(C)cc(C)c2)S(=O)(=O)c2ccccc2)cc1. The lowest BCUT2D eigenvalue weighted by Crippen LogP contribution is -2.39. The summed E-state index contributed by atoms with van der Waals surface area (Å²) in [6.07, 6.45) is 1.41. The highest BCUT2D eigenvalue weighted by molar-refractivity contribution is 7.92. The molecular weight excluding hydrogens is 482 g/mol. The molecule has 0 aliphatic carbocycles. The smallest absolute Gasteiger partial charge is 0.343 e. The third-order valence-corrected chi connectivity index (χ3v) is 6.77. The third kappa shape index (κ3) is 7.16. The van der Waals surface area contributed by atoms with Gasteiger partial charge >= 0.3 is 5.97 Å². The van der Waals surface area contributed by atoms with E-state index in [1.165, 1.54) is 25.5 Å². The number of aryl methyl sites for hydroxylation is 2. The average molecular weight is 510 g/mol. The molecule has 1 N–H and O–H groups in total. The van der Waals surface area contributed by atoms with Gasteiger partial charge in [-0.05, 0) is 79.1 Å². The van der Waals surface area contributed by atoms with E-state index in [2.05, 4.69) is 15.3 Å². The number of amides is 1. The summed E-state index contributed by atoms with van der Waals surface area (Å²) in [5.41, 5.74) is 5.16. The van der Waals surface area contributed by atoms with E-state index in [1.807, 2.05) is 19.9 Å². The normalized spacial score (nSPS) is 11.2. The van der Waals surface area contributed by atoms with Crippen LogP contribution in [0.4, 0.5) is 5.69 Å². The molecule has 3 aromatic rings. The Morgan fingerprint density at radius 1 is 0.972 bits per heavy atom. The van der Waals surface area contributed by atoms with Crippen molar-refractivity contribution in [1.82, 2.24) is 5.43 Å². The van der Waals surface area contributed by atoms with Gasteiger partial charge in [0, 0.05) is 0 Å². The first-order valence-corrected chi connectivity index (χ1v) is 12.4. The van der Waals surface area contributed by atoms with Gasteiger partial charge in [0.25, 0.3) is 15.9 Å². The second-order valence-electron chi connectivity index (χ2n) is 7.90. The second-order valence-corrected chi connectivity index (χ2v) is 9.76. The van der Waals surface area contributed by atoms with Gasteiger partial charge in [0.1, 0.15) is 12.3 Å². The van der Waals surface area contributed by atoms with Crippen LogP contribution < -0.4 is 14.5 Å². The van der Waals surface area contributed by atoms with Gasteiger partial charge in [-0.3, -0.25) is 9.10 Å². The molecule has 0 spiro atoms. The molecule has 0 aromatic heterocycles. The first kappa shape index (κ1) is 26.4. The molecule has 0 fully saturated rings.